The van der Waals surface area contributed by atoms with Gasteiger partial charge in [0.25, 0.3) is 0 Å². The molecule has 0 amide bonds. The molecule has 74 valence electrons. The van der Waals surface area contributed by atoms with Gasteiger partial charge in [-0.3, -0.25) is 5.84 Å². The molecule has 0 fully saturated rings. The molecule has 0 bridgehead atoms. The number of benzene rings is 1. The summed E-state index contributed by atoms with van der Waals surface area (Å²) in [7, 11) is 1.84. The highest BCUT2D eigenvalue weighted by atomic mass is 16.3. The van der Waals surface area contributed by atoms with Gasteiger partial charge in [-0.15, -0.1) is 0 Å². The number of para-hydroxylation sites is 1. The number of nitrogens with one attached hydrogen (secondary N) is 2. The third kappa shape index (κ3) is 1.39. The molecule has 4 N–H and O–H groups in total. The molecule has 0 saturated heterocycles. The molecule has 1 atom stereocenters. The highest BCUT2D eigenvalue weighted by molar-refractivity contribution is 5.81. The van der Waals surface area contributed by atoms with Crippen LogP contribution in [0.4, 0.5) is 0 Å². The first kappa shape index (κ1) is 9.21. The molecular weight excluding hydrogens is 178 g/mol. The van der Waals surface area contributed by atoms with Crippen molar-refractivity contribution < 1.29 is 4.42 Å². The summed E-state index contributed by atoms with van der Waals surface area (Å²) in [5, 5.41) is 4.12. The second-order valence-electron chi connectivity index (χ2n) is 3.08. The van der Waals surface area contributed by atoms with E-state index in [4.69, 9.17) is 10.3 Å². The molecule has 4 heteroatoms. The Morgan fingerprint density at radius 3 is 2.86 bits per heavy atom. The third-order valence-corrected chi connectivity index (χ3v) is 2.28. The summed E-state index contributed by atoms with van der Waals surface area (Å²) in [4.78, 5) is 0. The van der Waals surface area contributed by atoms with Crippen LogP contribution in [-0.2, 0) is 0 Å². The number of hydrogen-bond acceptors (Lipinski definition) is 4. The summed E-state index contributed by atoms with van der Waals surface area (Å²) in [6, 6.07) is 7.86. The SMILES string of the molecule is CNC(NN)c1coc2ccccc12. The Labute approximate surface area is 82.0 Å². The fraction of sp³-hybridized carbons (Fsp3) is 0.200. The van der Waals surface area contributed by atoms with Crippen LogP contribution in [0.2, 0.25) is 0 Å². The molecule has 1 unspecified atom stereocenters. The van der Waals surface area contributed by atoms with E-state index in [0.717, 1.165) is 16.5 Å². The van der Waals surface area contributed by atoms with Crippen LogP contribution in [0.3, 0.4) is 0 Å². The summed E-state index contributed by atoms with van der Waals surface area (Å²) < 4.78 is 5.40. The molecule has 1 aromatic heterocycles. The maximum absolute atomic E-state index is 5.41. The van der Waals surface area contributed by atoms with Crippen LogP contribution in [0.1, 0.15) is 11.7 Å². The van der Waals surface area contributed by atoms with Crippen LogP contribution >= 0.6 is 0 Å². The number of hydrogen-bond donors (Lipinski definition) is 3. The summed E-state index contributed by atoms with van der Waals surface area (Å²) in [6.07, 6.45) is 1.63. The molecule has 2 rings (SSSR count). The Morgan fingerprint density at radius 2 is 2.14 bits per heavy atom. The first-order chi connectivity index (χ1) is 6.86. The van der Waals surface area contributed by atoms with Crippen LogP contribution in [0.25, 0.3) is 11.0 Å². The number of rotatable bonds is 3. The van der Waals surface area contributed by atoms with Gasteiger partial charge in [0, 0.05) is 10.9 Å². The number of fused-ring (bicyclic) bond motifs is 1. The van der Waals surface area contributed by atoms with Crippen molar-refractivity contribution in [3.63, 3.8) is 0 Å². The van der Waals surface area contributed by atoms with E-state index in [2.05, 4.69) is 10.7 Å². The van der Waals surface area contributed by atoms with Crippen molar-refractivity contribution >= 4 is 11.0 Å². The Morgan fingerprint density at radius 1 is 1.36 bits per heavy atom. The normalized spacial score (nSPS) is 13.3. The molecule has 0 radical (unpaired) electrons. The second-order valence-corrected chi connectivity index (χ2v) is 3.08. The molecule has 0 aliphatic rings. The van der Waals surface area contributed by atoms with Gasteiger partial charge in [0.2, 0.25) is 0 Å². The van der Waals surface area contributed by atoms with E-state index in [1.807, 2.05) is 31.3 Å². The highest BCUT2D eigenvalue weighted by Gasteiger charge is 2.12. The van der Waals surface area contributed by atoms with Crippen molar-refractivity contribution in [1.82, 2.24) is 10.7 Å². The molecule has 2 aromatic rings. The lowest BCUT2D eigenvalue weighted by molar-refractivity contribution is 0.482. The van der Waals surface area contributed by atoms with Gasteiger partial charge in [0.1, 0.15) is 5.58 Å². The maximum Gasteiger partial charge on any atom is 0.134 e. The van der Waals surface area contributed by atoms with Crippen LogP contribution in [0.15, 0.2) is 34.9 Å². The Bertz CT molecular complexity index is 420. The zero-order valence-corrected chi connectivity index (χ0v) is 7.95. The zero-order valence-electron chi connectivity index (χ0n) is 7.95. The first-order valence-corrected chi connectivity index (χ1v) is 4.46. The lowest BCUT2D eigenvalue weighted by Gasteiger charge is -2.12. The Hall–Kier alpha value is -1.36. The standard InChI is InChI=1S/C10H13N3O/c1-12-10(13-11)8-6-14-9-5-3-2-4-7(8)9/h2-6,10,12-13H,11H2,1H3. The third-order valence-electron chi connectivity index (χ3n) is 2.28. The molecule has 0 saturated carbocycles. The van der Waals surface area contributed by atoms with E-state index >= 15 is 0 Å². The summed E-state index contributed by atoms with van der Waals surface area (Å²) >= 11 is 0. The van der Waals surface area contributed by atoms with E-state index in [1.54, 1.807) is 6.26 Å². The number of nitrogens with two attached hydrogens (primary N) is 1. The number of furan rings is 1. The monoisotopic (exact) mass is 191 g/mol. The predicted octanol–water partition coefficient (Wildman–Crippen LogP) is 1.11. The van der Waals surface area contributed by atoms with Gasteiger partial charge in [0.15, 0.2) is 0 Å². The van der Waals surface area contributed by atoms with Gasteiger partial charge < -0.3 is 9.73 Å². The minimum atomic E-state index is -0.0846. The fourth-order valence-electron chi connectivity index (χ4n) is 1.55. The largest absolute Gasteiger partial charge is 0.464 e. The lowest BCUT2D eigenvalue weighted by Crippen LogP contribution is -2.36. The van der Waals surface area contributed by atoms with E-state index in [1.165, 1.54) is 0 Å². The van der Waals surface area contributed by atoms with Gasteiger partial charge in [-0.05, 0) is 13.1 Å². The summed E-state index contributed by atoms with van der Waals surface area (Å²) in [5.74, 6) is 5.41. The van der Waals surface area contributed by atoms with Gasteiger partial charge in [-0.25, -0.2) is 5.43 Å². The van der Waals surface area contributed by atoms with Gasteiger partial charge in [-0.1, -0.05) is 18.2 Å². The fourth-order valence-corrected chi connectivity index (χ4v) is 1.55. The lowest BCUT2D eigenvalue weighted by atomic mass is 10.1. The minimum absolute atomic E-state index is 0.0846. The summed E-state index contributed by atoms with van der Waals surface area (Å²) in [5.41, 5.74) is 4.57. The van der Waals surface area contributed by atoms with Crippen molar-refractivity contribution in [3.8, 4) is 0 Å². The van der Waals surface area contributed by atoms with Crippen LogP contribution in [-0.4, -0.2) is 7.05 Å². The molecule has 0 spiro atoms. The van der Waals surface area contributed by atoms with Crippen molar-refractivity contribution in [2.24, 2.45) is 5.84 Å². The highest BCUT2D eigenvalue weighted by Crippen LogP contribution is 2.24. The van der Waals surface area contributed by atoms with E-state index in [9.17, 15) is 0 Å². The quantitative estimate of drug-likeness (QED) is 0.386. The second kappa shape index (κ2) is 3.79. The topological polar surface area (TPSA) is 63.2 Å². The van der Waals surface area contributed by atoms with Gasteiger partial charge in [0.05, 0.1) is 12.4 Å². The van der Waals surface area contributed by atoms with Gasteiger partial charge in [-0.2, -0.15) is 0 Å². The average Bonchev–Trinajstić information content (AvgIpc) is 2.65. The molecule has 0 aliphatic carbocycles. The molecule has 14 heavy (non-hydrogen) atoms. The van der Waals surface area contributed by atoms with Gasteiger partial charge >= 0.3 is 0 Å². The Balaban J connectivity index is 2.51. The molecular formula is C10H13N3O. The molecule has 0 aliphatic heterocycles. The van der Waals surface area contributed by atoms with E-state index in [-0.39, 0.29) is 6.17 Å². The van der Waals surface area contributed by atoms with Crippen LogP contribution in [0, 0.1) is 0 Å². The van der Waals surface area contributed by atoms with E-state index < -0.39 is 0 Å². The summed E-state index contributed by atoms with van der Waals surface area (Å²) in [6.45, 7) is 0. The molecule has 4 nitrogen and oxygen atoms in total. The van der Waals surface area contributed by atoms with Crippen molar-refractivity contribution in [3.05, 3.63) is 36.1 Å². The van der Waals surface area contributed by atoms with Crippen molar-refractivity contribution in [2.45, 2.75) is 6.17 Å². The minimum Gasteiger partial charge on any atom is -0.464 e. The molecule has 1 aromatic carbocycles. The van der Waals surface area contributed by atoms with Crippen LogP contribution < -0.4 is 16.6 Å². The predicted molar refractivity (Wildman–Crippen MR) is 55.3 cm³/mol. The smallest absolute Gasteiger partial charge is 0.134 e. The average molecular weight is 191 g/mol. The Kier molecular flexibility index (Phi) is 2.49. The van der Waals surface area contributed by atoms with Crippen LogP contribution in [0.5, 0.6) is 0 Å². The first-order valence-electron chi connectivity index (χ1n) is 4.46. The maximum atomic E-state index is 5.41. The zero-order chi connectivity index (χ0) is 9.97. The molecule has 1 heterocycles. The van der Waals surface area contributed by atoms with E-state index in [0.29, 0.717) is 0 Å². The number of hydrazine groups is 1. The van der Waals surface area contributed by atoms with Crippen molar-refractivity contribution in [1.29, 1.82) is 0 Å². The van der Waals surface area contributed by atoms with Crippen molar-refractivity contribution in [2.75, 3.05) is 7.05 Å².